The van der Waals surface area contributed by atoms with Gasteiger partial charge in [-0.05, 0) is 37.6 Å². The van der Waals surface area contributed by atoms with E-state index in [4.69, 9.17) is 0 Å². The summed E-state index contributed by atoms with van der Waals surface area (Å²) in [5.41, 5.74) is 0. The zero-order valence-electron chi connectivity index (χ0n) is 13.7. The van der Waals surface area contributed by atoms with Crippen molar-refractivity contribution in [3.63, 3.8) is 0 Å². The van der Waals surface area contributed by atoms with E-state index in [1.54, 1.807) is 0 Å². The second-order valence-electron chi connectivity index (χ2n) is 6.58. The third-order valence-electron chi connectivity index (χ3n) is 4.99. The molecule has 1 N–H and O–H groups in total. The van der Waals surface area contributed by atoms with E-state index in [0.29, 0.717) is 0 Å². The van der Waals surface area contributed by atoms with Crippen molar-refractivity contribution in [2.45, 2.75) is 97.4 Å². The summed E-state index contributed by atoms with van der Waals surface area (Å²) in [6, 6.07) is 0.810. The number of unbranched alkanes of at least 4 members (excludes halogenated alkanes) is 3. The molecule has 1 atom stereocenters. The minimum atomic E-state index is 0.810. The van der Waals surface area contributed by atoms with Crippen molar-refractivity contribution in [1.82, 2.24) is 5.32 Å². The standard InChI is InChI=1S/C18H37N/c1-4-7-8-9-11-18(19-6-3)17-14-12-16(10-5-2)13-15-17/h16-19H,4-15H2,1-3H3. The van der Waals surface area contributed by atoms with Crippen LogP contribution in [-0.2, 0) is 0 Å². The Hall–Kier alpha value is -0.0400. The first-order valence-corrected chi connectivity index (χ1v) is 9.05. The molecule has 0 aromatic carbocycles. The maximum atomic E-state index is 3.78. The van der Waals surface area contributed by atoms with Gasteiger partial charge in [0.25, 0.3) is 0 Å². The van der Waals surface area contributed by atoms with E-state index < -0.39 is 0 Å². The molecule has 1 rings (SSSR count). The van der Waals surface area contributed by atoms with Crippen molar-refractivity contribution in [3.05, 3.63) is 0 Å². The van der Waals surface area contributed by atoms with E-state index in [1.807, 2.05) is 0 Å². The number of hydrogen-bond donors (Lipinski definition) is 1. The lowest BCUT2D eigenvalue weighted by Gasteiger charge is -2.34. The third kappa shape index (κ3) is 6.79. The predicted molar refractivity (Wildman–Crippen MR) is 86.6 cm³/mol. The van der Waals surface area contributed by atoms with Gasteiger partial charge >= 0.3 is 0 Å². The average molecular weight is 268 g/mol. The van der Waals surface area contributed by atoms with Crippen LogP contribution in [0.3, 0.4) is 0 Å². The van der Waals surface area contributed by atoms with Crippen LogP contribution < -0.4 is 5.32 Å². The van der Waals surface area contributed by atoms with Crippen LogP contribution in [-0.4, -0.2) is 12.6 Å². The van der Waals surface area contributed by atoms with E-state index in [9.17, 15) is 0 Å². The van der Waals surface area contributed by atoms with Crippen LogP contribution in [0.4, 0.5) is 0 Å². The molecule has 1 heteroatoms. The largest absolute Gasteiger partial charge is 0.314 e. The van der Waals surface area contributed by atoms with Gasteiger partial charge in [0.2, 0.25) is 0 Å². The minimum absolute atomic E-state index is 0.810. The zero-order valence-corrected chi connectivity index (χ0v) is 13.7. The van der Waals surface area contributed by atoms with Crippen LogP contribution in [0.15, 0.2) is 0 Å². The lowest BCUT2D eigenvalue weighted by Crippen LogP contribution is -2.38. The molecule has 0 spiro atoms. The quantitative estimate of drug-likeness (QED) is 0.512. The van der Waals surface area contributed by atoms with Crippen molar-refractivity contribution >= 4 is 0 Å². The van der Waals surface area contributed by atoms with E-state index in [2.05, 4.69) is 26.1 Å². The molecule has 0 aliphatic heterocycles. The van der Waals surface area contributed by atoms with Crippen molar-refractivity contribution < 1.29 is 0 Å². The van der Waals surface area contributed by atoms with Gasteiger partial charge in [0, 0.05) is 6.04 Å². The Labute approximate surface area is 121 Å². The highest BCUT2D eigenvalue weighted by atomic mass is 14.9. The molecule has 1 unspecified atom stereocenters. The molecule has 1 nitrogen and oxygen atoms in total. The Morgan fingerprint density at radius 3 is 2.21 bits per heavy atom. The maximum Gasteiger partial charge on any atom is 0.00952 e. The summed E-state index contributed by atoms with van der Waals surface area (Å²) < 4.78 is 0. The van der Waals surface area contributed by atoms with Crippen molar-refractivity contribution in [2.75, 3.05) is 6.54 Å². The summed E-state index contributed by atoms with van der Waals surface area (Å²) in [5, 5.41) is 3.78. The fourth-order valence-corrected chi connectivity index (χ4v) is 3.85. The highest BCUT2D eigenvalue weighted by Crippen LogP contribution is 2.34. The first-order chi connectivity index (χ1) is 9.31. The molecule has 1 aliphatic carbocycles. The highest BCUT2D eigenvalue weighted by Gasteiger charge is 2.26. The van der Waals surface area contributed by atoms with Crippen LogP contribution in [0.2, 0.25) is 0 Å². The summed E-state index contributed by atoms with van der Waals surface area (Å²) >= 11 is 0. The first kappa shape index (κ1) is 17.0. The average Bonchev–Trinajstić information content (AvgIpc) is 2.44. The van der Waals surface area contributed by atoms with Crippen molar-refractivity contribution in [1.29, 1.82) is 0 Å². The number of nitrogens with one attached hydrogen (secondary N) is 1. The topological polar surface area (TPSA) is 12.0 Å². The van der Waals surface area contributed by atoms with E-state index in [-0.39, 0.29) is 0 Å². The summed E-state index contributed by atoms with van der Waals surface area (Å²) in [6.07, 6.45) is 15.9. The molecule has 1 saturated carbocycles. The molecule has 0 aromatic rings. The third-order valence-corrected chi connectivity index (χ3v) is 4.99. The second-order valence-corrected chi connectivity index (χ2v) is 6.58. The Kier molecular flexibility index (Phi) is 9.59. The van der Waals surface area contributed by atoms with Crippen LogP contribution in [0.1, 0.15) is 91.4 Å². The summed E-state index contributed by atoms with van der Waals surface area (Å²) in [7, 11) is 0. The van der Waals surface area contributed by atoms with Crippen LogP contribution in [0.5, 0.6) is 0 Å². The van der Waals surface area contributed by atoms with Gasteiger partial charge < -0.3 is 5.32 Å². The zero-order chi connectivity index (χ0) is 13.9. The van der Waals surface area contributed by atoms with Gasteiger partial charge in [-0.2, -0.15) is 0 Å². The molecular weight excluding hydrogens is 230 g/mol. The molecule has 0 radical (unpaired) electrons. The first-order valence-electron chi connectivity index (χ1n) is 9.05. The van der Waals surface area contributed by atoms with Gasteiger partial charge in [0.05, 0.1) is 0 Å². The lowest BCUT2D eigenvalue weighted by atomic mass is 9.76. The van der Waals surface area contributed by atoms with Gasteiger partial charge in [-0.25, -0.2) is 0 Å². The molecule has 0 amide bonds. The van der Waals surface area contributed by atoms with Gasteiger partial charge in [-0.1, -0.05) is 72.1 Å². The molecular formula is C18H37N. The monoisotopic (exact) mass is 267 g/mol. The SMILES string of the molecule is CCCCCCC(NCC)C1CCC(CCC)CC1. The van der Waals surface area contributed by atoms with Crippen LogP contribution >= 0.6 is 0 Å². The molecule has 114 valence electrons. The highest BCUT2D eigenvalue weighted by molar-refractivity contribution is 4.81. The molecule has 0 heterocycles. The molecule has 0 bridgehead atoms. The Morgan fingerprint density at radius 1 is 0.895 bits per heavy atom. The fraction of sp³-hybridized carbons (Fsp3) is 1.00. The Bertz CT molecular complexity index is 194. The molecule has 0 saturated heterocycles. The van der Waals surface area contributed by atoms with Gasteiger partial charge in [-0.3, -0.25) is 0 Å². The number of rotatable bonds is 10. The molecule has 0 aromatic heterocycles. The van der Waals surface area contributed by atoms with Crippen molar-refractivity contribution in [2.24, 2.45) is 11.8 Å². The van der Waals surface area contributed by atoms with Gasteiger partial charge in [0.15, 0.2) is 0 Å². The van der Waals surface area contributed by atoms with Gasteiger partial charge in [0.1, 0.15) is 0 Å². The Balaban J connectivity index is 2.27. The summed E-state index contributed by atoms with van der Waals surface area (Å²) in [5.74, 6) is 2.01. The van der Waals surface area contributed by atoms with Crippen LogP contribution in [0, 0.1) is 11.8 Å². The minimum Gasteiger partial charge on any atom is -0.314 e. The van der Waals surface area contributed by atoms with Crippen LogP contribution in [0.25, 0.3) is 0 Å². The molecule has 1 aliphatic rings. The molecule has 1 fully saturated rings. The normalized spacial score (nSPS) is 25.4. The van der Waals surface area contributed by atoms with E-state index >= 15 is 0 Å². The summed E-state index contributed by atoms with van der Waals surface area (Å²) in [6.45, 7) is 8.05. The predicted octanol–water partition coefficient (Wildman–Crippen LogP) is 5.54. The van der Waals surface area contributed by atoms with Gasteiger partial charge in [-0.15, -0.1) is 0 Å². The second kappa shape index (κ2) is 10.7. The van der Waals surface area contributed by atoms with Crippen molar-refractivity contribution in [3.8, 4) is 0 Å². The summed E-state index contributed by atoms with van der Waals surface area (Å²) in [4.78, 5) is 0. The molecule has 19 heavy (non-hydrogen) atoms. The van der Waals surface area contributed by atoms with E-state index in [1.165, 1.54) is 70.6 Å². The smallest absolute Gasteiger partial charge is 0.00952 e. The maximum absolute atomic E-state index is 3.78. The fourth-order valence-electron chi connectivity index (χ4n) is 3.85. The Morgan fingerprint density at radius 2 is 1.63 bits per heavy atom. The lowest BCUT2D eigenvalue weighted by molar-refractivity contribution is 0.206. The van der Waals surface area contributed by atoms with E-state index in [0.717, 1.165) is 24.4 Å². The number of hydrogen-bond acceptors (Lipinski definition) is 1.